The molecule has 0 aliphatic heterocycles. The molecule has 5 nitrogen and oxygen atoms in total. The van der Waals surface area contributed by atoms with E-state index in [0.717, 1.165) is 12.8 Å². The minimum absolute atomic E-state index is 0.00982. The molecule has 1 fully saturated rings. The van der Waals surface area contributed by atoms with Crippen molar-refractivity contribution in [1.82, 2.24) is 5.32 Å². The summed E-state index contributed by atoms with van der Waals surface area (Å²) in [7, 11) is 0. The van der Waals surface area contributed by atoms with E-state index in [1.54, 1.807) is 24.3 Å². The van der Waals surface area contributed by atoms with E-state index < -0.39 is 0 Å². The largest absolute Gasteiger partial charge is 0.409 e. The molecule has 0 aromatic heterocycles. The van der Waals surface area contributed by atoms with Crippen LogP contribution in [0.2, 0.25) is 0 Å². The molecule has 21 heavy (non-hydrogen) atoms. The van der Waals surface area contributed by atoms with Gasteiger partial charge in [0, 0.05) is 17.2 Å². The quantitative estimate of drug-likeness (QED) is 0.346. The predicted octanol–water partition coefficient (Wildman–Crippen LogP) is 2.62. The Kier molecular flexibility index (Phi) is 5.60. The number of rotatable bonds is 3. The van der Waals surface area contributed by atoms with Gasteiger partial charge in [-0.1, -0.05) is 49.4 Å². The summed E-state index contributed by atoms with van der Waals surface area (Å²) in [5.41, 5.74) is 6.64. The highest BCUT2D eigenvalue weighted by atomic mass is 16.4. The van der Waals surface area contributed by atoms with Crippen molar-refractivity contribution in [2.45, 2.75) is 51.0 Å². The van der Waals surface area contributed by atoms with Crippen LogP contribution < -0.4 is 11.1 Å². The molecule has 0 saturated heterocycles. The first-order chi connectivity index (χ1) is 10.2. The Morgan fingerprint density at radius 1 is 1.14 bits per heavy atom. The van der Waals surface area contributed by atoms with Crippen LogP contribution in [-0.4, -0.2) is 23.0 Å². The minimum Gasteiger partial charge on any atom is -0.409 e. The molecule has 2 rings (SSSR count). The molecule has 4 N–H and O–H groups in total. The SMILES string of the molecule is N/C(=N\O)c1cccc(C(=O)NC2CCCCCCC2)c1. The summed E-state index contributed by atoms with van der Waals surface area (Å²) in [4.78, 5) is 12.3. The maximum absolute atomic E-state index is 12.3. The fourth-order valence-electron chi connectivity index (χ4n) is 2.75. The number of carbonyl (C=O) groups excluding carboxylic acids is 1. The summed E-state index contributed by atoms with van der Waals surface area (Å²) in [6.07, 6.45) is 8.26. The molecule has 1 saturated carbocycles. The molecule has 1 aliphatic rings. The van der Waals surface area contributed by atoms with E-state index in [-0.39, 0.29) is 17.8 Å². The fraction of sp³-hybridized carbons (Fsp3) is 0.500. The van der Waals surface area contributed by atoms with Gasteiger partial charge in [-0.15, -0.1) is 0 Å². The third-order valence-electron chi connectivity index (χ3n) is 3.97. The molecular formula is C16H23N3O2. The van der Waals surface area contributed by atoms with Gasteiger partial charge in [0.2, 0.25) is 0 Å². The number of nitrogens with two attached hydrogens (primary N) is 1. The number of benzene rings is 1. The molecule has 114 valence electrons. The number of nitrogens with one attached hydrogen (secondary N) is 1. The lowest BCUT2D eigenvalue weighted by Gasteiger charge is -2.21. The van der Waals surface area contributed by atoms with E-state index >= 15 is 0 Å². The smallest absolute Gasteiger partial charge is 0.251 e. The highest BCUT2D eigenvalue weighted by molar-refractivity contribution is 6.01. The van der Waals surface area contributed by atoms with E-state index in [1.165, 1.54) is 32.1 Å². The lowest BCUT2D eigenvalue weighted by Crippen LogP contribution is -2.35. The van der Waals surface area contributed by atoms with E-state index in [2.05, 4.69) is 10.5 Å². The van der Waals surface area contributed by atoms with Crippen LogP contribution >= 0.6 is 0 Å². The first kappa shape index (κ1) is 15.4. The van der Waals surface area contributed by atoms with Crippen molar-refractivity contribution in [1.29, 1.82) is 0 Å². The van der Waals surface area contributed by atoms with E-state index in [9.17, 15) is 4.79 Å². The third kappa shape index (κ3) is 4.48. The van der Waals surface area contributed by atoms with Gasteiger partial charge in [0.05, 0.1) is 0 Å². The van der Waals surface area contributed by atoms with Crippen molar-refractivity contribution in [2.75, 3.05) is 0 Å². The second-order valence-corrected chi connectivity index (χ2v) is 5.58. The van der Waals surface area contributed by atoms with Gasteiger partial charge in [-0.2, -0.15) is 0 Å². The van der Waals surface area contributed by atoms with E-state index in [4.69, 9.17) is 10.9 Å². The summed E-state index contributed by atoms with van der Waals surface area (Å²) >= 11 is 0. The third-order valence-corrected chi connectivity index (χ3v) is 3.97. The number of amides is 1. The van der Waals surface area contributed by atoms with Crippen molar-refractivity contribution >= 4 is 11.7 Å². The molecule has 0 radical (unpaired) electrons. The lowest BCUT2D eigenvalue weighted by atomic mass is 9.96. The zero-order valence-corrected chi connectivity index (χ0v) is 12.2. The molecule has 1 amide bonds. The minimum atomic E-state index is -0.0897. The van der Waals surface area contributed by atoms with Gasteiger partial charge in [0.1, 0.15) is 0 Å². The van der Waals surface area contributed by atoms with Crippen LogP contribution in [0, 0.1) is 0 Å². The molecule has 0 atom stereocenters. The molecule has 0 unspecified atom stereocenters. The average Bonchev–Trinajstić information content (AvgIpc) is 2.49. The van der Waals surface area contributed by atoms with Crippen LogP contribution in [0.25, 0.3) is 0 Å². The van der Waals surface area contributed by atoms with Crippen LogP contribution in [0.1, 0.15) is 60.9 Å². The summed E-state index contributed by atoms with van der Waals surface area (Å²) in [5, 5.41) is 14.8. The molecular weight excluding hydrogens is 266 g/mol. The zero-order valence-electron chi connectivity index (χ0n) is 12.2. The summed E-state index contributed by atoms with van der Waals surface area (Å²) in [6.45, 7) is 0. The maximum Gasteiger partial charge on any atom is 0.251 e. The van der Waals surface area contributed by atoms with E-state index in [1.807, 2.05) is 0 Å². The van der Waals surface area contributed by atoms with Gasteiger partial charge in [0.25, 0.3) is 5.91 Å². The number of hydrogen-bond donors (Lipinski definition) is 3. The monoisotopic (exact) mass is 289 g/mol. The summed E-state index contributed by atoms with van der Waals surface area (Å²) in [5.74, 6) is -0.0798. The number of hydrogen-bond acceptors (Lipinski definition) is 3. The second-order valence-electron chi connectivity index (χ2n) is 5.58. The van der Waals surface area contributed by atoms with Gasteiger partial charge in [-0.05, 0) is 25.0 Å². The van der Waals surface area contributed by atoms with Gasteiger partial charge in [0.15, 0.2) is 5.84 Å². The van der Waals surface area contributed by atoms with Crippen molar-refractivity contribution < 1.29 is 10.0 Å². The van der Waals surface area contributed by atoms with Crippen LogP contribution in [0.5, 0.6) is 0 Å². The van der Waals surface area contributed by atoms with Crippen molar-refractivity contribution in [2.24, 2.45) is 10.9 Å². The van der Waals surface area contributed by atoms with Gasteiger partial charge >= 0.3 is 0 Å². The van der Waals surface area contributed by atoms with Crippen LogP contribution in [-0.2, 0) is 0 Å². The Labute approximate surface area is 125 Å². The van der Waals surface area contributed by atoms with Crippen LogP contribution in [0.15, 0.2) is 29.4 Å². The Morgan fingerprint density at radius 2 is 1.76 bits per heavy atom. The first-order valence-corrected chi connectivity index (χ1v) is 7.59. The standard InChI is InChI=1S/C16H23N3O2/c17-15(19-21)12-7-6-8-13(11-12)16(20)18-14-9-4-2-1-3-5-10-14/h6-8,11,14,21H,1-5,9-10H2,(H2,17,19)(H,18,20). The van der Waals surface area contributed by atoms with E-state index in [0.29, 0.717) is 11.1 Å². The Balaban J connectivity index is 2.02. The lowest BCUT2D eigenvalue weighted by molar-refractivity contribution is 0.0930. The molecule has 0 spiro atoms. The first-order valence-electron chi connectivity index (χ1n) is 7.59. The topological polar surface area (TPSA) is 87.7 Å². The van der Waals surface area contributed by atoms with Gasteiger partial charge < -0.3 is 16.3 Å². The molecule has 1 aromatic rings. The maximum atomic E-state index is 12.3. The van der Waals surface area contributed by atoms with Crippen LogP contribution in [0.4, 0.5) is 0 Å². The Morgan fingerprint density at radius 3 is 2.43 bits per heavy atom. The zero-order chi connectivity index (χ0) is 15.1. The molecule has 5 heteroatoms. The highest BCUT2D eigenvalue weighted by Gasteiger charge is 2.15. The summed E-state index contributed by atoms with van der Waals surface area (Å²) in [6, 6.07) is 7.09. The van der Waals surface area contributed by atoms with Crippen molar-refractivity contribution in [3.05, 3.63) is 35.4 Å². The molecule has 0 heterocycles. The van der Waals surface area contributed by atoms with Crippen molar-refractivity contribution in [3.63, 3.8) is 0 Å². The Hall–Kier alpha value is -2.04. The average molecular weight is 289 g/mol. The normalized spacial score (nSPS) is 17.8. The Bertz CT molecular complexity index is 506. The highest BCUT2D eigenvalue weighted by Crippen LogP contribution is 2.17. The van der Waals surface area contributed by atoms with Crippen LogP contribution in [0.3, 0.4) is 0 Å². The molecule has 0 bridgehead atoms. The predicted molar refractivity (Wildman–Crippen MR) is 82.5 cm³/mol. The number of nitrogens with zero attached hydrogens (tertiary/aromatic N) is 1. The van der Waals surface area contributed by atoms with Crippen molar-refractivity contribution in [3.8, 4) is 0 Å². The fourth-order valence-corrected chi connectivity index (χ4v) is 2.75. The summed E-state index contributed by atoms with van der Waals surface area (Å²) < 4.78 is 0. The number of carbonyl (C=O) groups is 1. The number of amidine groups is 1. The van der Waals surface area contributed by atoms with Gasteiger partial charge in [-0.25, -0.2) is 0 Å². The van der Waals surface area contributed by atoms with Gasteiger partial charge in [-0.3, -0.25) is 4.79 Å². The number of oxime groups is 1. The second kappa shape index (κ2) is 7.67. The molecule has 1 aliphatic carbocycles. The molecule has 1 aromatic carbocycles.